The predicted octanol–water partition coefficient (Wildman–Crippen LogP) is 2.82. The number of hydrogen-bond donors (Lipinski definition) is 1. The van der Waals surface area contributed by atoms with Gasteiger partial charge in [0.15, 0.2) is 9.84 Å². The number of hydrogen-bond acceptors (Lipinski definition) is 4. The first-order valence-corrected chi connectivity index (χ1v) is 9.91. The van der Waals surface area contributed by atoms with Crippen molar-refractivity contribution in [3.63, 3.8) is 0 Å². The van der Waals surface area contributed by atoms with Crippen molar-refractivity contribution in [2.45, 2.75) is 39.0 Å². The third kappa shape index (κ3) is 4.67. The molecule has 7 heteroatoms. The van der Waals surface area contributed by atoms with Crippen LogP contribution in [0.1, 0.15) is 48.4 Å². The van der Waals surface area contributed by atoms with Crippen molar-refractivity contribution in [1.29, 1.82) is 0 Å². The van der Waals surface area contributed by atoms with Crippen LogP contribution in [-0.2, 0) is 22.1 Å². The van der Waals surface area contributed by atoms with Gasteiger partial charge in [0.2, 0.25) is 0 Å². The number of nitrogens with zero attached hydrogens (tertiary/aromatic N) is 2. The van der Waals surface area contributed by atoms with Crippen LogP contribution in [0.2, 0.25) is 0 Å². The van der Waals surface area contributed by atoms with Crippen LogP contribution in [0.3, 0.4) is 0 Å². The Bertz CT molecular complexity index is 839. The van der Waals surface area contributed by atoms with Gasteiger partial charge in [0, 0.05) is 18.5 Å². The van der Waals surface area contributed by atoms with E-state index in [9.17, 15) is 13.2 Å². The number of aromatic nitrogens is 2. The lowest BCUT2D eigenvalue weighted by Crippen LogP contribution is -2.17. The van der Waals surface area contributed by atoms with Gasteiger partial charge >= 0.3 is 0 Å². The van der Waals surface area contributed by atoms with E-state index < -0.39 is 9.84 Å². The molecule has 1 N–H and O–H groups in total. The monoisotopic (exact) mass is 349 g/mol. The van der Waals surface area contributed by atoms with E-state index in [-0.39, 0.29) is 17.6 Å². The zero-order valence-corrected chi connectivity index (χ0v) is 15.2. The maximum Gasteiger partial charge on any atom is 0.273 e. The lowest BCUT2D eigenvalue weighted by molar-refractivity contribution is 0.101. The number of amides is 1. The lowest BCUT2D eigenvalue weighted by atomic mass is 10.1. The molecule has 24 heavy (non-hydrogen) atoms. The van der Waals surface area contributed by atoms with Crippen molar-refractivity contribution in [1.82, 2.24) is 9.78 Å². The number of rotatable bonds is 6. The minimum Gasteiger partial charge on any atom is -0.321 e. The number of benzene rings is 1. The molecule has 0 spiro atoms. The molecule has 1 amide bonds. The fourth-order valence-electron chi connectivity index (χ4n) is 2.38. The van der Waals surface area contributed by atoms with Gasteiger partial charge < -0.3 is 5.32 Å². The molecular formula is C17H23N3O3S. The molecule has 0 fully saturated rings. The molecule has 0 saturated carbocycles. The number of sulfone groups is 1. The van der Waals surface area contributed by atoms with Gasteiger partial charge in [0.25, 0.3) is 5.91 Å². The van der Waals surface area contributed by atoms with Crippen LogP contribution < -0.4 is 5.32 Å². The Labute approximate surface area is 142 Å². The number of carbonyl (C=O) groups is 1. The molecule has 2 rings (SSSR count). The van der Waals surface area contributed by atoms with Crippen molar-refractivity contribution in [3.05, 3.63) is 47.3 Å². The first-order chi connectivity index (χ1) is 11.2. The minimum atomic E-state index is -3.12. The summed E-state index contributed by atoms with van der Waals surface area (Å²) in [7, 11) is -3.12. The van der Waals surface area contributed by atoms with Gasteiger partial charge in [0.05, 0.1) is 11.4 Å². The molecule has 0 aliphatic carbocycles. The van der Waals surface area contributed by atoms with E-state index in [1.165, 1.54) is 6.26 Å². The minimum absolute atomic E-state index is 0.0545. The van der Waals surface area contributed by atoms with Gasteiger partial charge in [-0.3, -0.25) is 9.48 Å². The second kappa shape index (κ2) is 7.17. The largest absolute Gasteiger partial charge is 0.321 e. The second-order valence-corrected chi connectivity index (χ2v) is 8.29. The molecule has 0 aliphatic rings. The second-order valence-electron chi connectivity index (χ2n) is 6.15. The highest BCUT2D eigenvalue weighted by Crippen LogP contribution is 2.17. The van der Waals surface area contributed by atoms with Crippen LogP contribution in [-0.4, -0.2) is 30.4 Å². The van der Waals surface area contributed by atoms with Crippen molar-refractivity contribution in [2.24, 2.45) is 0 Å². The van der Waals surface area contributed by atoms with E-state index in [0.29, 0.717) is 23.5 Å². The summed E-state index contributed by atoms with van der Waals surface area (Å²) in [4.78, 5) is 12.5. The van der Waals surface area contributed by atoms with Crippen molar-refractivity contribution in [2.75, 3.05) is 11.6 Å². The molecule has 0 radical (unpaired) electrons. The standard InChI is InChI=1S/C17H23N3O3S/c1-5-20-16(10-15(19-20)12(2)3)17(21)18-14-8-6-7-13(9-14)11-24(4,22)23/h6-10,12H,5,11H2,1-4H3,(H,18,21). The lowest BCUT2D eigenvalue weighted by Gasteiger charge is -2.08. The average molecular weight is 349 g/mol. The SMILES string of the molecule is CCn1nc(C(C)C)cc1C(=O)Nc1cccc(CS(C)(=O)=O)c1. The molecule has 2 aromatic rings. The van der Waals surface area contributed by atoms with E-state index in [1.807, 2.05) is 20.8 Å². The summed E-state index contributed by atoms with van der Waals surface area (Å²) in [6.45, 7) is 6.58. The highest BCUT2D eigenvalue weighted by Gasteiger charge is 2.16. The summed E-state index contributed by atoms with van der Waals surface area (Å²) < 4.78 is 24.5. The van der Waals surface area contributed by atoms with Crippen LogP contribution in [0.5, 0.6) is 0 Å². The molecular weight excluding hydrogens is 326 g/mol. The zero-order chi connectivity index (χ0) is 17.9. The summed E-state index contributed by atoms with van der Waals surface area (Å²) in [5, 5.41) is 7.25. The molecule has 6 nitrogen and oxygen atoms in total. The Morgan fingerprint density at radius 3 is 2.58 bits per heavy atom. The Morgan fingerprint density at radius 2 is 2.00 bits per heavy atom. The predicted molar refractivity (Wildman–Crippen MR) is 94.9 cm³/mol. The highest BCUT2D eigenvalue weighted by molar-refractivity contribution is 7.89. The summed E-state index contributed by atoms with van der Waals surface area (Å²) >= 11 is 0. The molecule has 130 valence electrons. The zero-order valence-electron chi connectivity index (χ0n) is 14.4. The van der Waals surface area contributed by atoms with Crippen LogP contribution in [0.15, 0.2) is 30.3 Å². The van der Waals surface area contributed by atoms with E-state index in [2.05, 4.69) is 10.4 Å². The number of nitrogens with one attached hydrogen (secondary N) is 1. The molecule has 0 bridgehead atoms. The van der Waals surface area contributed by atoms with Gasteiger partial charge in [-0.1, -0.05) is 26.0 Å². The van der Waals surface area contributed by atoms with Crippen molar-refractivity contribution < 1.29 is 13.2 Å². The molecule has 0 unspecified atom stereocenters. The van der Waals surface area contributed by atoms with E-state index in [4.69, 9.17) is 0 Å². The van der Waals surface area contributed by atoms with Gasteiger partial charge in [-0.05, 0) is 36.6 Å². The third-order valence-electron chi connectivity index (χ3n) is 3.54. The highest BCUT2D eigenvalue weighted by atomic mass is 32.2. The van der Waals surface area contributed by atoms with Crippen LogP contribution in [0.4, 0.5) is 5.69 Å². The fourth-order valence-corrected chi connectivity index (χ4v) is 3.16. The van der Waals surface area contributed by atoms with Gasteiger partial charge in [-0.25, -0.2) is 8.42 Å². The smallest absolute Gasteiger partial charge is 0.273 e. The molecule has 0 saturated heterocycles. The van der Waals surface area contributed by atoms with E-state index >= 15 is 0 Å². The number of anilines is 1. The molecule has 1 aromatic carbocycles. The molecule has 1 heterocycles. The van der Waals surface area contributed by atoms with E-state index in [0.717, 1.165) is 5.69 Å². The van der Waals surface area contributed by atoms with Crippen molar-refractivity contribution >= 4 is 21.4 Å². The summed E-state index contributed by atoms with van der Waals surface area (Å²) in [5.74, 6) is -0.0728. The summed E-state index contributed by atoms with van der Waals surface area (Å²) in [6.07, 6.45) is 1.19. The molecule has 1 aromatic heterocycles. The average Bonchev–Trinajstić information content (AvgIpc) is 2.90. The topological polar surface area (TPSA) is 81.1 Å². The maximum absolute atomic E-state index is 12.5. The van der Waals surface area contributed by atoms with Gasteiger partial charge in [-0.15, -0.1) is 0 Å². The van der Waals surface area contributed by atoms with Crippen molar-refractivity contribution in [3.8, 4) is 0 Å². The van der Waals surface area contributed by atoms with Crippen LogP contribution in [0.25, 0.3) is 0 Å². The van der Waals surface area contributed by atoms with Crippen LogP contribution >= 0.6 is 0 Å². The van der Waals surface area contributed by atoms with Crippen LogP contribution in [0, 0.1) is 0 Å². The van der Waals surface area contributed by atoms with Gasteiger partial charge in [-0.2, -0.15) is 5.10 Å². The molecule has 0 aliphatic heterocycles. The fraction of sp³-hybridized carbons (Fsp3) is 0.412. The summed E-state index contributed by atoms with van der Waals surface area (Å²) in [6, 6.07) is 8.66. The normalized spacial score (nSPS) is 11.7. The molecule has 0 atom stereocenters. The third-order valence-corrected chi connectivity index (χ3v) is 4.39. The number of aryl methyl sites for hydroxylation is 1. The Kier molecular flexibility index (Phi) is 5.43. The van der Waals surface area contributed by atoms with E-state index in [1.54, 1.807) is 35.0 Å². The maximum atomic E-state index is 12.5. The first kappa shape index (κ1) is 18.2. The number of carbonyl (C=O) groups excluding carboxylic acids is 1. The Balaban J connectivity index is 2.22. The quantitative estimate of drug-likeness (QED) is 0.869. The summed E-state index contributed by atoms with van der Waals surface area (Å²) in [5.41, 5.74) is 2.57. The first-order valence-electron chi connectivity index (χ1n) is 7.85. The van der Waals surface area contributed by atoms with Gasteiger partial charge in [0.1, 0.15) is 5.69 Å². The Hall–Kier alpha value is -2.15. The Morgan fingerprint density at radius 1 is 1.29 bits per heavy atom.